The van der Waals surface area contributed by atoms with Crippen molar-refractivity contribution in [2.75, 3.05) is 39.4 Å². The van der Waals surface area contributed by atoms with Gasteiger partial charge in [0.25, 0.3) is 5.91 Å². The number of carbonyl (C=O) groups excluding carboxylic acids is 2. The zero-order valence-electron chi connectivity index (χ0n) is 14.8. The summed E-state index contributed by atoms with van der Waals surface area (Å²) in [7, 11) is 0. The molecular formula is C18H28N3O4+. The highest BCUT2D eigenvalue weighted by atomic mass is 16.5. The van der Waals surface area contributed by atoms with E-state index in [2.05, 4.69) is 5.32 Å². The molecular weight excluding hydrogens is 322 g/mol. The summed E-state index contributed by atoms with van der Waals surface area (Å²) >= 11 is 0. The van der Waals surface area contributed by atoms with Gasteiger partial charge in [-0.15, -0.1) is 0 Å². The van der Waals surface area contributed by atoms with Crippen molar-refractivity contribution >= 4 is 11.8 Å². The first-order valence-electron chi connectivity index (χ1n) is 8.83. The van der Waals surface area contributed by atoms with Gasteiger partial charge in [-0.3, -0.25) is 9.59 Å². The second-order valence-corrected chi connectivity index (χ2v) is 6.23. The molecule has 2 amide bonds. The number of primary amides is 1. The number of quaternary nitrogens is 1. The van der Waals surface area contributed by atoms with E-state index in [4.69, 9.17) is 15.2 Å². The number of likely N-dealkylation sites (tertiary alicyclic amines) is 1. The number of ether oxygens (including phenoxy) is 2. The van der Waals surface area contributed by atoms with E-state index < -0.39 is 0 Å². The summed E-state index contributed by atoms with van der Waals surface area (Å²) in [5, 5.41) is 2.85. The Morgan fingerprint density at radius 2 is 1.92 bits per heavy atom. The average molecular weight is 350 g/mol. The van der Waals surface area contributed by atoms with Crippen LogP contribution >= 0.6 is 0 Å². The van der Waals surface area contributed by atoms with Crippen LogP contribution in [0.2, 0.25) is 0 Å². The van der Waals surface area contributed by atoms with E-state index >= 15 is 0 Å². The summed E-state index contributed by atoms with van der Waals surface area (Å²) in [5.74, 6) is 1.14. The van der Waals surface area contributed by atoms with E-state index in [1.165, 1.54) is 0 Å². The monoisotopic (exact) mass is 350 g/mol. The van der Waals surface area contributed by atoms with E-state index in [-0.39, 0.29) is 17.7 Å². The lowest BCUT2D eigenvalue weighted by molar-refractivity contribution is -0.899. The number of carbonyl (C=O) groups is 2. The molecule has 25 heavy (non-hydrogen) atoms. The van der Waals surface area contributed by atoms with Gasteiger partial charge < -0.3 is 25.4 Å². The Labute approximate surface area is 148 Å². The summed E-state index contributed by atoms with van der Waals surface area (Å²) in [6.45, 7) is 5.33. The summed E-state index contributed by atoms with van der Waals surface area (Å²) in [5.41, 5.74) is 5.36. The highest BCUT2D eigenvalue weighted by Crippen LogP contribution is 2.17. The number of amides is 2. The predicted molar refractivity (Wildman–Crippen MR) is 93.6 cm³/mol. The normalized spacial score (nSPS) is 19.9. The zero-order chi connectivity index (χ0) is 18.1. The molecule has 0 bridgehead atoms. The molecule has 1 unspecified atom stereocenters. The zero-order valence-corrected chi connectivity index (χ0v) is 14.8. The fourth-order valence-corrected chi connectivity index (χ4v) is 3.00. The smallest absolute Gasteiger partial charge is 0.275 e. The van der Waals surface area contributed by atoms with Gasteiger partial charge in [-0.2, -0.15) is 0 Å². The van der Waals surface area contributed by atoms with Crippen molar-refractivity contribution in [1.29, 1.82) is 0 Å². The molecule has 4 N–H and O–H groups in total. The van der Waals surface area contributed by atoms with Gasteiger partial charge >= 0.3 is 0 Å². The van der Waals surface area contributed by atoms with Crippen molar-refractivity contribution < 1.29 is 24.0 Å². The van der Waals surface area contributed by atoms with Crippen LogP contribution < -0.4 is 25.4 Å². The molecule has 1 fully saturated rings. The Morgan fingerprint density at radius 3 is 2.56 bits per heavy atom. The van der Waals surface area contributed by atoms with Crippen molar-refractivity contribution in [2.24, 2.45) is 11.7 Å². The van der Waals surface area contributed by atoms with Crippen LogP contribution in [0.4, 0.5) is 0 Å². The molecule has 7 heteroatoms. The van der Waals surface area contributed by atoms with Crippen molar-refractivity contribution in [1.82, 2.24) is 5.32 Å². The molecule has 1 heterocycles. The van der Waals surface area contributed by atoms with Crippen molar-refractivity contribution in [3.8, 4) is 11.5 Å². The van der Waals surface area contributed by atoms with Gasteiger partial charge in [0, 0.05) is 0 Å². The van der Waals surface area contributed by atoms with E-state index in [1.54, 1.807) is 0 Å². The van der Waals surface area contributed by atoms with Crippen molar-refractivity contribution in [3.05, 3.63) is 24.3 Å². The van der Waals surface area contributed by atoms with Gasteiger partial charge in [0.1, 0.15) is 18.1 Å². The summed E-state index contributed by atoms with van der Waals surface area (Å²) in [4.78, 5) is 24.4. The SMILES string of the molecule is CCOc1ccc(OCCNC(=O)C[NH+]2CCC[C@@H](C(N)=O)C2)cc1. The van der Waals surface area contributed by atoms with Crippen LogP contribution in [-0.2, 0) is 9.59 Å². The number of nitrogens with one attached hydrogen (secondary N) is 2. The molecule has 0 saturated carbocycles. The fourth-order valence-electron chi connectivity index (χ4n) is 3.00. The van der Waals surface area contributed by atoms with Gasteiger partial charge in [0.15, 0.2) is 6.54 Å². The second kappa shape index (κ2) is 9.88. The Kier molecular flexibility index (Phi) is 7.53. The standard InChI is InChI=1S/C18H27N3O4/c1-2-24-15-5-7-16(8-6-15)25-11-9-20-17(22)13-21-10-3-4-14(12-21)18(19)23/h5-8,14H,2-4,9-13H2,1H3,(H2,19,23)(H,20,22)/p+1/t14-/m1/s1. The molecule has 138 valence electrons. The lowest BCUT2D eigenvalue weighted by atomic mass is 9.97. The van der Waals surface area contributed by atoms with E-state index in [0.717, 1.165) is 35.8 Å². The number of hydrogen-bond donors (Lipinski definition) is 3. The van der Waals surface area contributed by atoms with Crippen molar-refractivity contribution in [2.45, 2.75) is 19.8 Å². The van der Waals surface area contributed by atoms with Crippen LogP contribution in [0.1, 0.15) is 19.8 Å². The number of rotatable bonds is 9. The third-order valence-corrected chi connectivity index (χ3v) is 4.26. The van der Waals surface area contributed by atoms with Crippen LogP contribution in [0.3, 0.4) is 0 Å². The molecule has 2 atom stereocenters. The van der Waals surface area contributed by atoms with Gasteiger partial charge in [0.05, 0.1) is 32.2 Å². The van der Waals surface area contributed by atoms with Crippen LogP contribution in [0.15, 0.2) is 24.3 Å². The maximum absolute atomic E-state index is 12.0. The van der Waals surface area contributed by atoms with E-state index in [9.17, 15) is 9.59 Å². The van der Waals surface area contributed by atoms with Gasteiger partial charge in [-0.25, -0.2) is 0 Å². The van der Waals surface area contributed by atoms with E-state index in [0.29, 0.717) is 32.8 Å². The molecule has 0 radical (unpaired) electrons. The summed E-state index contributed by atoms with van der Waals surface area (Å²) < 4.78 is 11.0. The molecule has 0 spiro atoms. The first-order chi connectivity index (χ1) is 12.1. The number of benzene rings is 1. The van der Waals surface area contributed by atoms with Crippen LogP contribution in [0.5, 0.6) is 11.5 Å². The average Bonchev–Trinajstić information content (AvgIpc) is 2.60. The molecule has 1 saturated heterocycles. The Morgan fingerprint density at radius 1 is 1.24 bits per heavy atom. The fraction of sp³-hybridized carbons (Fsp3) is 0.556. The third kappa shape index (κ3) is 6.62. The lowest BCUT2D eigenvalue weighted by Crippen LogP contribution is -3.15. The maximum atomic E-state index is 12.0. The summed E-state index contributed by atoms with van der Waals surface area (Å²) in [6, 6.07) is 7.39. The number of hydrogen-bond acceptors (Lipinski definition) is 4. The first-order valence-corrected chi connectivity index (χ1v) is 8.83. The summed E-state index contributed by atoms with van der Waals surface area (Å²) in [6.07, 6.45) is 1.76. The lowest BCUT2D eigenvalue weighted by Gasteiger charge is -2.27. The molecule has 0 aromatic heterocycles. The topological polar surface area (TPSA) is 95.1 Å². The molecule has 1 aromatic carbocycles. The molecule has 2 rings (SSSR count). The molecule has 1 aliphatic heterocycles. The number of nitrogens with two attached hydrogens (primary N) is 1. The third-order valence-electron chi connectivity index (χ3n) is 4.26. The maximum Gasteiger partial charge on any atom is 0.275 e. The molecule has 1 aromatic rings. The van der Waals surface area contributed by atoms with Crippen LogP contribution in [0, 0.1) is 5.92 Å². The minimum Gasteiger partial charge on any atom is -0.494 e. The Bertz CT molecular complexity index is 562. The largest absolute Gasteiger partial charge is 0.494 e. The van der Waals surface area contributed by atoms with Crippen LogP contribution in [-0.4, -0.2) is 51.2 Å². The minimum absolute atomic E-state index is 0.0320. The quantitative estimate of drug-likeness (QED) is 0.516. The highest BCUT2D eigenvalue weighted by Gasteiger charge is 2.28. The molecule has 7 nitrogen and oxygen atoms in total. The first kappa shape index (κ1) is 19.1. The highest BCUT2D eigenvalue weighted by molar-refractivity contribution is 5.77. The van der Waals surface area contributed by atoms with Gasteiger partial charge in [-0.1, -0.05) is 0 Å². The van der Waals surface area contributed by atoms with Crippen molar-refractivity contribution in [3.63, 3.8) is 0 Å². The predicted octanol–water partition coefficient (Wildman–Crippen LogP) is -0.639. The van der Waals surface area contributed by atoms with Gasteiger partial charge in [0.2, 0.25) is 5.91 Å². The minimum atomic E-state index is -0.263. The Hall–Kier alpha value is -2.28. The van der Waals surface area contributed by atoms with Gasteiger partial charge in [-0.05, 0) is 44.0 Å². The number of piperidine rings is 1. The second-order valence-electron chi connectivity index (χ2n) is 6.23. The molecule has 1 aliphatic rings. The Balaban J connectivity index is 1.62. The molecule has 0 aliphatic carbocycles. The van der Waals surface area contributed by atoms with Crippen LogP contribution in [0.25, 0.3) is 0 Å². The van der Waals surface area contributed by atoms with E-state index in [1.807, 2.05) is 31.2 Å².